The van der Waals surface area contributed by atoms with E-state index in [1.54, 1.807) is 4.90 Å². The minimum atomic E-state index is -0.494. The van der Waals surface area contributed by atoms with Crippen LogP contribution in [0.25, 0.3) is 0 Å². The summed E-state index contributed by atoms with van der Waals surface area (Å²) < 4.78 is 5.35. The summed E-state index contributed by atoms with van der Waals surface area (Å²) in [6.45, 7) is 5.98. The second kappa shape index (κ2) is 6.34. The topological polar surface area (TPSA) is 70.7 Å². The summed E-state index contributed by atoms with van der Waals surface area (Å²) in [6, 6.07) is -0.561. The average molecular weight is 269 g/mol. The predicted molar refractivity (Wildman–Crippen MR) is 70.6 cm³/mol. The number of ether oxygens (including phenoxy) is 1. The van der Waals surface area contributed by atoms with E-state index >= 15 is 0 Å². The van der Waals surface area contributed by atoms with Gasteiger partial charge in [-0.2, -0.15) is 0 Å². The Hall–Kier alpha value is -1.14. The number of nitrogens with zero attached hydrogens (tertiary/aromatic N) is 1. The van der Waals surface area contributed by atoms with Crippen molar-refractivity contribution in [1.29, 1.82) is 0 Å². The fourth-order valence-electron chi connectivity index (χ4n) is 2.56. The van der Waals surface area contributed by atoms with Gasteiger partial charge in [-0.1, -0.05) is 0 Å². The zero-order valence-electron chi connectivity index (χ0n) is 11.6. The van der Waals surface area contributed by atoms with Gasteiger partial charge in [0, 0.05) is 12.6 Å². The first-order chi connectivity index (χ1) is 9.09. The molecule has 2 amide bonds. The molecular weight excluding hydrogens is 246 g/mol. The molecule has 2 heterocycles. The van der Waals surface area contributed by atoms with Crippen molar-refractivity contribution in [3.05, 3.63) is 0 Å². The number of hydrogen-bond acceptors (Lipinski definition) is 4. The van der Waals surface area contributed by atoms with E-state index in [1.807, 2.05) is 13.8 Å². The average Bonchev–Trinajstić information content (AvgIpc) is 2.91. The van der Waals surface area contributed by atoms with Gasteiger partial charge in [-0.05, 0) is 33.2 Å². The molecule has 108 valence electrons. The van der Waals surface area contributed by atoms with Crippen LogP contribution in [0.5, 0.6) is 0 Å². The molecule has 2 aliphatic rings. The molecule has 2 unspecified atom stereocenters. The SMILES string of the molecule is CC(C)NC(=O)C1COCCN1C(=O)C1CCCN1. The van der Waals surface area contributed by atoms with E-state index < -0.39 is 6.04 Å². The number of carbonyl (C=O) groups excluding carboxylic acids is 2. The third kappa shape index (κ3) is 3.45. The van der Waals surface area contributed by atoms with Crippen molar-refractivity contribution < 1.29 is 14.3 Å². The van der Waals surface area contributed by atoms with Gasteiger partial charge in [-0.15, -0.1) is 0 Å². The minimum absolute atomic E-state index is 0.0321. The molecule has 2 atom stereocenters. The third-order valence-corrected chi connectivity index (χ3v) is 3.50. The van der Waals surface area contributed by atoms with Crippen LogP contribution >= 0.6 is 0 Å². The highest BCUT2D eigenvalue weighted by Crippen LogP contribution is 2.14. The van der Waals surface area contributed by atoms with Crippen LogP contribution in [0.3, 0.4) is 0 Å². The first-order valence-corrected chi connectivity index (χ1v) is 7.01. The molecule has 2 rings (SSSR count). The molecule has 19 heavy (non-hydrogen) atoms. The predicted octanol–water partition coefficient (Wildman–Crippen LogP) is -0.510. The van der Waals surface area contributed by atoms with Crippen LogP contribution in [0, 0.1) is 0 Å². The zero-order chi connectivity index (χ0) is 13.8. The van der Waals surface area contributed by atoms with Gasteiger partial charge < -0.3 is 20.3 Å². The summed E-state index contributed by atoms with van der Waals surface area (Å²) in [7, 11) is 0. The molecule has 0 aliphatic carbocycles. The maximum Gasteiger partial charge on any atom is 0.245 e. The molecule has 0 spiro atoms. The van der Waals surface area contributed by atoms with Gasteiger partial charge in [-0.3, -0.25) is 9.59 Å². The standard InChI is InChI=1S/C13H23N3O3/c1-9(2)15-12(17)11-8-19-7-6-16(11)13(18)10-4-3-5-14-10/h9-11,14H,3-8H2,1-2H3,(H,15,17). The van der Waals surface area contributed by atoms with E-state index in [0.29, 0.717) is 13.2 Å². The highest BCUT2D eigenvalue weighted by molar-refractivity contribution is 5.90. The first-order valence-electron chi connectivity index (χ1n) is 7.01. The summed E-state index contributed by atoms with van der Waals surface area (Å²) in [5, 5.41) is 6.04. The number of rotatable bonds is 3. The number of carbonyl (C=O) groups is 2. The molecule has 2 saturated heterocycles. The molecule has 0 aromatic heterocycles. The van der Waals surface area contributed by atoms with Crippen LogP contribution < -0.4 is 10.6 Å². The fourth-order valence-corrected chi connectivity index (χ4v) is 2.56. The Balaban J connectivity index is 2.02. The van der Waals surface area contributed by atoms with E-state index in [-0.39, 0.29) is 30.5 Å². The van der Waals surface area contributed by atoms with Crippen molar-refractivity contribution in [3.8, 4) is 0 Å². The van der Waals surface area contributed by atoms with Gasteiger partial charge in [0.05, 0.1) is 19.3 Å². The van der Waals surface area contributed by atoms with Crippen LogP contribution in [-0.2, 0) is 14.3 Å². The molecule has 6 nitrogen and oxygen atoms in total. The highest BCUT2D eigenvalue weighted by atomic mass is 16.5. The van der Waals surface area contributed by atoms with Gasteiger partial charge >= 0.3 is 0 Å². The van der Waals surface area contributed by atoms with Crippen molar-refractivity contribution >= 4 is 11.8 Å². The Kier molecular flexibility index (Phi) is 4.76. The van der Waals surface area contributed by atoms with E-state index in [9.17, 15) is 9.59 Å². The third-order valence-electron chi connectivity index (χ3n) is 3.50. The van der Waals surface area contributed by atoms with Crippen LogP contribution in [0.1, 0.15) is 26.7 Å². The van der Waals surface area contributed by atoms with E-state index in [0.717, 1.165) is 19.4 Å². The Morgan fingerprint density at radius 3 is 2.84 bits per heavy atom. The second-order valence-electron chi connectivity index (χ2n) is 5.43. The largest absolute Gasteiger partial charge is 0.377 e. The normalized spacial score (nSPS) is 27.6. The van der Waals surface area contributed by atoms with E-state index in [4.69, 9.17) is 4.74 Å². The Morgan fingerprint density at radius 1 is 1.42 bits per heavy atom. The molecule has 6 heteroatoms. The molecule has 0 radical (unpaired) electrons. The molecule has 0 bridgehead atoms. The second-order valence-corrected chi connectivity index (χ2v) is 5.43. The van der Waals surface area contributed by atoms with Crippen LogP contribution in [-0.4, -0.2) is 61.1 Å². The van der Waals surface area contributed by atoms with Gasteiger partial charge in [0.2, 0.25) is 11.8 Å². The Morgan fingerprint density at radius 2 is 2.21 bits per heavy atom. The van der Waals surface area contributed by atoms with Crippen molar-refractivity contribution in [1.82, 2.24) is 15.5 Å². The quantitative estimate of drug-likeness (QED) is 0.724. The number of nitrogens with one attached hydrogen (secondary N) is 2. The van der Waals surface area contributed by atoms with Gasteiger partial charge in [0.1, 0.15) is 6.04 Å². The summed E-state index contributed by atoms with van der Waals surface area (Å²) >= 11 is 0. The van der Waals surface area contributed by atoms with Crippen molar-refractivity contribution in [3.63, 3.8) is 0 Å². The monoisotopic (exact) mass is 269 g/mol. The van der Waals surface area contributed by atoms with E-state index in [2.05, 4.69) is 10.6 Å². The van der Waals surface area contributed by atoms with E-state index in [1.165, 1.54) is 0 Å². The molecule has 2 fully saturated rings. The molecule has 2 aliphatic heterocycles. The Bertz CT molecular complexity index is 340. The smallest absolute Gasteiger partial charge is 0.245 e. The summed E-state index contributed by atoms with van der Waals surface area (Å²) in [5.74, 6) is -0.0919. The maximum atomic E-state index is 12.4. The molecular formula is C13H23N3O3. The number of morpholine rings is 1. The lowest BCUT2D eigenvalue weighted by Gasteiger charge is -2.36. The van der Waals surface area contributed by atoms with Crippen LogP contribution in [0.15, 0.2) is 0 Å². The molecule has 2 N–H and O–H groups in total. The van der Waals surface area contributed by atoms with Gasteiger partial charge in [0.15, 0.2) is 0 Å². The molecule has 0 aromatic carbocycles. The number of amides is 2. The summed E-state index contributed by atoms with van der Waals surface area (Å²) in [6.07, 6.45) is 1.87. The summed E-state index contributed by atoms with van der Waals surface area (Å²) in [4.78, 5) is 26.2. The van der Waals surface area contributed by atoms with Crippen molar-refractivity contribution in [2.45, 2.75) is 44.8 Å². The minimum Gasteiger partial charge on any atom is -0.377 e. The molecule has 0 saturated carbocycles. The van der Waals surface area contributed by atoms with Gasteiger partial charge in [0.25, 0.3) is 0 Å². The molecule has 0 aromatic rings. The first kappa shape index (κ1) is 14.3. The zero-order valence-corrected chi connectivity index (χ0v) is 11.6. The number of hydrogen-bond donors (Lipinski definition) is 2. The van der Waals surface area contributed by atoms with Crippen molar-refractivity contribution in [2.24, 2.45) is 0 Å². The van der Waals surface area contributed by atoms with Crippen molar-refractivity contribution in [2.75, 3.05) is 26.3 Å². The highest BCUT2D eigenvalue weighted by Gasteiger charge is 2.36. The lowest BCUT2D eigenvalue weighted by atomic mass is 10.1. The van der Waals surface area contributed by atoms with Gasteiger partial charge in [-0.25, -0.2) is 0 Å². The fraction of sp³-hybridized carbons (Fsp3) is 0.846. The lowest BCUT2D eigenvalue weighted by Crippen LogP contribution is -2.59. The summed E-state index contributed by atoms with van der Waals surface area (Å²) in [5.41, 5.74) is 0. The van der Waals surface area contributed by atoms with Crippen LogP contribution in [0.4, 0.5) is 0 Å². The lowest BCUT2D eigenvalue weighted by molar-refractivity contribution is -0.150. The van der Waals surface area contributed by atoms with Crippen LogP contribution in [0.2, 0.25) is 0 Å². The maximum absolute atomic E-state index is 12.4. The Labute approximate surface area is 113 Å².